The third-order valence-corrected chi connectivity index (χ3v) is 3.63. The summed E-state index contributed by atoms with van der Waals surface area (Å²) in [5.74, 6) is -0.129. The number of anilines is 1. The molecule has 0 radical (unpaired) electrons. The van der Waals surface area contributed by atoms with Gasteiger partial charge in [-0.3, -0.25) is 14.5 Å². The van der Waals surface area contributed by atoms with Gasteiger partial charge < -0.3 is 10.6 Å². The lowest BCUT2D eigenvalue weighted by Crippen LogP contribution is -2.40. The predicted molar refractivity (Wildman–Crippen MR) is 81.0 cm³/mol. The van der Waals surface area contributed by atoms with Crippen LogP contribution in [0, 0.1) is 6.92 Å². The number of alkyl halides is 1. The van der Waals surface area contributed by atoms with Crippen LogP contribution in [-0.2, 0) is 4.79 Å². The molecule has 0 fully saturated rings. The van der Waals surface area contributed by atoms with Crippen molar-refractivity contribution < 1.29 is 9.59 Å². The fourth-order valence-corrected chi connectivity index (χ4v) is 2.58. The Morgan fingerprint density at radius 1 is 1.43 bits per heavy atom. The van der Waals surface area contributed by atoms with Gasteiger partial charge in [-0.25, -0.2) is 0 Å². The summed E-state index contributed by atoms with van der Waals surface area (Å²) in [4.78, 5) is 26.1. The van der Waals surface area contributed by atoms with Gasteiger partial charge in [0.25, 0.3) is 5.91 Å². The van der Waals surface area contributed by atoms with Crippen molar-refractivity contribution in [2.24, 2.45) is 0 Å². The first-order valence-electron chi connectivity index (χ1n) is 6.57. The molecule has 0 aromatic heterocycles. The average molecular weight is 304 g/mol. The Morgan fingerprint density at radius 3 is 3.00 bits per heavy atom. The molecular weight excluding hydrogens is 290 g/mol. The molecule has 0 spiro atoms. The molecule has 0 saturated carbocycles. The minimum atomic E-state index is -0.284. The van der Waals surface area contributed by atoms with Crippen molar-refractivity contribution in [3.05, 3.63) is 53.0 Å². The predicted octanol–water partition coefficient (Wildman–Crippen LogP) is 1.64. The third kappa shape index (κ3) is 2.29. The first-order valence-corrected chi connectivity index (χ1v) is 7.11. The highest BCUT2D eigenvalue weighted by molar-refractivity contribution is 6.30. The number of benzene rings is 1. The van der Waals surface area contributed by atoms with Crippen LogP contribution in [0.15, 0.2) is 41.9 Å². The number of fused-ring (bicyclic) bond motifs is 1. The number of halogens is 1. The molecule has 5 nitrogen and oxygen atoms in total. The fourth-order valence-electron chi connectivity index (χ4n) is 2.46. The van der Waals surface area contributed by atoms with Crippen molar-refractivity contribution in [1.29, 1.82) is 0 Å². The highest BCUT2D eigenvalue weighted by atomic mass is 35.5. The Labute approximate surface area is 127 Å². The maximum absolute atomic E-state index is 12.4. The topological polar surface area (TPSA) is 61.4 Å². The number of nitrogens with one attached hydrogen (secondary N) is 2. The number of carbonyl (C=O) groups excluding carboxylic acids is 2. The Balaban J connectivity index is 2.23. The van der Waals surface area contributed by atoms with Gasteiger partial charge in [0.05, 0.1) is 16.9 Å². The molecule has 0 aliphatic carbocycles. The average Bonchev–Trinajstić information content (AvgIpc) is 2.61. The van der Waals surface area contributed by atoms with E-state index in [9.17, 15) is 9.59 Å². The number of carbonyl (C=O) groups is 2. The Kier molecular flexibility index (Phi) is 3.43. The molecule has 3 rings (SSSR count). The fraction of sp³-hybridized carbons (Fsp3) is 0.200. The lowest BCUT2D eigenvalue weighted by atomic mass is 10.1. The summed E-state index contributed by atoms with van der Waals surface area (Å²) in [6.07, 6.45) is 3.67. The first-order chi connectivity index (χ1) is 10.1. The Hall–Kier alpha value is -2.27. The molecule has 0 bridgehead atoms. The van der Waals surface area contributed by atoms with E-state index >= 15 is 0 Å². The molecule has 108 valence electrons. The minimum Gasteiger partial charge on any atom is -0.366 e. The highest BCUT2D eigenvalue weighted by Crippen LogP contribution is 2.29. The van der Waals surface area contributed by atoms with E-state index in [0.717, 1.165) is 5.56 Å². The molecule has 2 aliphatic heterocycles. The van der Waals surface area contributed by atoms with Crippen LogP contribution in [0.4, 0.5) is 5.69 Å². The Morgan fingerprint density at radius 2 is 2.24 bits per heavy atom. The summed E-state index contributed by atoms with van der Waals surface area (Å²) in [6, 6.07) is 5.40. The van der Waals surface area contributed by atoms with E-state index in [2.05, 4.69) is 10.6 Å². The summed E-state index contributed by atoms with van der Waals surface area (Å²) >= 11 is 5.74. The maximum Gasteiger partial charge on any atom is 0.257 e. The van der Waals surface area contributed by atoms with Crippen molar-refractivity contribution in [1.82, 2.24) is 10.6 Å². The second kappa shape index (κ2) is 5.26. The van der Waals surface area contributed by atoms with E-state index < -0.39 is 0 Å². The SMILES string of the molecule is Cc1ccc2c(c1)C(=O)NC1=C(NCC=C1)N2C(=O)CCl. The zero-order chi connectivity index (χ0) is 15.0. The molecule has 1 aromatic carbocycles. The van der Waals surface area contributed by atoms with Crippen molar-refractivity contribution in [3.8, 4) is 0 Å². The summed E-state index contributed by atoms with van der Waals surface area (Å²) in [6.45, 7) is 2.49. The van der Waals surface area contributed by atoms with Crippen LogP contribution >= 0.6 is 11.6 Å². The zero-order valence-corrected chi connectivity index (χ0v) is 12.2. The minimum absolute atomic E-state index is 0.163. The summed E-state index contributed by atoms with van der Waals surface area (Å²) < 4.78 is 0. The number of dihydropyridines is 1. The van der Waals surface area contributed by atoms with Gasteiger partial charge in [-0.05, 0) is 25.1 Å². The van der Waals surface area contributed by atoms with Crippen LogP contribution in [0.5, 0.6) is 0 Å². The molecule has 0 saturated heterocycles. The van der Waals surface area contributed by atoms with Gasteiger partial charge >= 0.3 is 0 Å². The molecule has 2 amide bonds. The number of amides is 2. The molecule has 0 unspecified atom stereocenters. The third-order valence-electron chi connectivity index (χ3n) is 3.40. The lowest BCUT2D eigenvalue weighted by Gasteiger charge is -2.27. The van der Waals surface area contributed by atoms with Gasteiger partial charge in [0.15, 0.2) is 0 Å². The standard InChI is InChI=1S/C15H14ClN3O2/c1-9-4-5-12-10(7-9)15(21)18-11-3-2-6-17-14(11)19(12)13(20)8-16/h2-5,7,17H,6,8H2,1H3,(H,18,21). The molecule has 2 aliphatic rings. The molecule has 21 heavy (non-hydrogen) atoms. The highest BCUT2D eigenvalue weighted by Gasteiger charge is 2.31. The number of allylic oxidation sites excluding steroid dienone is 1. The monoisotopic (exact) mass is 303 g/mol. The van der Waals surface area contributed by atoms with Crippen molar-refractivity contribution in [2.45, 2.75) is 6.92 Å². The number of rotatable bonds is 1. The maximum atomic E-state index is 12.4. The van der Waals surface area contributed by atoms with Crippen LogP contribution < -0.4 is 15.5 Å². The Bertz CT molecular complexity index is 694. The molecule has 1 aromatic rings. The van der Waals surface area contributed by atoms with E-state index in [1.54, 1.807) is 18.2 Å². The van der Waals surface area contributed by atoms with Crippen LogP contribution in [0.1, 0.15) is 15.9 Å². The zero-order valence-electron chi connectivity index (χ0n) is 11.4. The van der Waals surface area contributed by atoms with Crippen LogP contribution in [0.3, 0.4) is 0 Å². The largest absolute Gasteiger partial charge is 0.366 e. The van der Waals surface area contributed by atoms with Crippen LogP contribution in [0.25, 0.3) is 0 Å². The van der Waals surface area contributed by atoms with Crippen LogP contribution in [-0.4, -0.2) is 24.2 Å². The van der Waals surface area contributed by atoms with Gasteiger partial charge in [0.1, 0.15) is 11.7 Å². The normalized spacial score (nSPS) is 16.7. The quantitative estimate of drug-likeness (QED) is 0.775. The van der Waals surface area contributed by atoms with Gasteiger partial charge in [-0.15, -0.1) is 11.6 Å². The van der Waals surface area contributed by atoms with E-state index in [-0.39, 0.29) is 17.7 Å². The van der Waals surface area contributed by atoms with Gasteiger partial charge in [0, 0.05) is 6.54 Å². The second-order valence-corrected chi connectivity index (χ2v) is 5.15. The summed E-state index contributed by atoms with van der Waals surface area (Å²) in [5.41, 5.74) is 2.51. The van der Waals surface area contributed by atoms with Crippen LogP contribution in [0.2, 0.25) is 0 Å². The number of hydrogen-bond donors (Lipinski definition) is 2. The smallest absolute Gasteiger partial charge is 0.257 e. The van der Waals surface area contributed by atoms with E-state index in [1.165, 1.54) is 4.90 Å². The first kappa shape index (κ1) is 13.7. The second-order valence-electron chi connectivity index (χ2n) is 4.88. The number of nitrogens with zero attached hydrogens (tertiary/aromatic N) is 1. The molecular formula is C15H14ClN3O2. The summed E-state index contributed by atoms with van der Waals surface area (Å²) in [7, 11) is 0. The molecule has 2 heterocycles. The van der Waals surface area contributed by atoms with Crippen molar-refractivity contribution >= 4 is 29.1 Å². The molecule has 6 heteroatoms. The van der Waals surface area contributed by atoms with Crippen molar-refractivity contribution in [3.63, 3.8) is 0 Å². The van der Waals surface area contributed by atoms with Gasteiger partial charge in [-0.1, -0.05) is 17.7 Å². The van der Waals surface area contributed by atoms with E-state index in [1.807, 2.05) is 19.1 Å². The molecule has 2 N–H and O–H groups in total. The lowest BCUT2D eigenvalue weighted by molar-refractivity contribution is -0.115. The van der Waals surface area contributed by atoms with Gasteiger partial charge in [0.2, 0.25) is 5.91 Å². The molecule has 0 atom stereocenters. The number of hydrogen-bond acceptors (Lipinski definition) is 3. The van der Waals surface area contributed by atoms with E-state index in [0.29, 0.717) is 29.3 Å². The van der Waals surface area contributed by atoms with Crippen molar-refractivity contribution in [2.75, 3.05) is 17.3 Å². The van der Waals surface area contributed by atoms with Gasteiger partial charge in [-0.2, -0.15) is 0 Å². The van der Waals surface area contributed by atoms with E-state index in [4.69, 9.17) is 11.6 Å². The number of aryl methyl sites for hydroxylation is 1. The summed E-state index contributed by atoms with van der Waals surface area (Å²) in [5, 5.41) is 5.95.